The summed E-state index contributed by atoms with van der Waals surface area (Å²) in [7, 11) is 0. The summed E-state index contributed by atoms with van der Waals surface area (Å²) in [5.41, 5.74) is 0. The molecule has 1 fully saturated rings. The van der Waals surface area contributed by atoms with Gasteiger partial charge in [0.2, 0.25) is 11.8 Å². The summed E-state index contributed by atoms with van der Waals surface area (Å²) >= 11 is 1.46. The molecular formula is C16H22N4O3S. The molecule has 1 amide bonds. The standard InChI is InChI=1S/C16H22N4O3S/c1-4-5-13-17-8-12(24-13)16(21)20-6-7-22-9-11(20)15-19-18-14(23-15)10(2)3/h8,10-11H,4-7,9H2,1-3H3. The lowest BCUT2D eigenvalue weighted by Gasteiger charge is -2.33. The maximum Gasteiger partial charge on any atom is 0.266 e. The largest absolute Gasteiger partial charge is 0.423 e. The maximum absolute atomic E-state index is 12.9. The summed E-state index contributed by atoms with van der Waals surface area (Å²) in [6.45, 7) is 7.46. The predicted octanol–water partition coefficient (Wildman–Crippen LogP) is 2.82. The number of carbonyl (C=O) groups is 1. The van der Waals surface area contributed by atoms with E-state index in [2.05, 4.69) is 22.1 Å². The van der Waals surface area contributed by atoms with Gasteiger partial charge in [0.25, 0.3) is 5.91 Å². The monoisotopic (exact) mass is 350 g/mol. The van der Waals surface area contributed by atoms with Crippen LogP contribution in [0.25, 0.3) is 0 Å². The zero-order valence-electron chi connectivity index (χ0n) is 14.2. The highest BCUT2D eigenvalue weighted by Crippen LogP contribution is 2.28. The summed E-state index contributed by atoms with van der Waals surface area (Å²) in [5, 5.41) is 9.18. The highest BCUT2D eigenvalue weighted by molar-refractivity contribution is 7.13. The average Bonchev–Trinajstić information content (AvgIpc) is 3.24. The first-order valence-corrected chi connectivity index (χ1v) is 9.08. The lowest BCUT2D eigenvalue weighted by Crippen LogP contribution is -2.43. The van der Waals surface area contributed by atoms with E-state index in [9.17, 15) is 4.79 Å². The van der Waals surface area contributed by atoms with Crippen molar-refractivity contribution in [3.05, 3.63) is 27.9 Å². The molecule has 24 heavy (non-hydrogen) atoms. The molecule has 0 aliphatic carbocycles. The van der Waals surface area contributed by atoms with E-state index in [1.165, 1.54) is 11.3 Å². The molecule has 1 unspecified atom stereocenters. The zero-order valence-corrected chi connectivity index (χ0v) is 15.0. The van der Waals surface area contributed by atoms with Crippen LogP contribution in [0, 0.1) is 0 Å². The van der Waals surface area contributed by atoms with E-state index in [-0.39, 0.29) is 17.9 Å². The van der Waals surface area contributed by atoms with Crippen LogP contribution in [0.4, 0.5) is 0 Å². The van der Waals surface area contributed by atoms with Crippen molar-refractivity contribution in [3.8, 4) is 0 Å². The van der Waals surface area contributed by atoms with Crippen molar-refractivity contribution < 1.29 is 13.9 Å². The van der Waals surface area contributed by atoms with Crippen LogP contribution >= 0.6 is 11.3 Å². The van der Waals surface area contributed by atoms with Gasteiger partial charge in [-0.25, -0.2) is 4.98 Å². The minimum atomic E-state index is -0.344. The highest BCUT2D eigenvalue weighted by atomic mass is 32.1. The van der Waals surface area contributed by atoms with Gasteiger partial charge in [0.1, 0.15) is 10.9 Å². The van der Waals surface area contributed by atoms with Gasteiger partial charge in [-0.2, -0.15) is 0 Å². The summed E-state index contributed by atoms with van der Waals surface area (Å²) in [6.07, 6.45) is 3.57. The smallest absolute Gasteiger partial charge is 0.266 e. The molecule has 0 saturated carbocycles. The Balaban J connectivity index is 1.81. The van der Waals surface area contributed by atoms with Gasteiger partial charge in [0.15, 0.2) is 0 Å². The normalized spacial score (nSPS) is 18.3. The van der Waals surface area contributed by atoms with E-state index in [4.69, 9.17) is 9.15 Å². The molecule has 0 aromatic carbocycles. The number of thiazole rings is 1. The first-order chi connectivity index (χ1) is 11.6. The molecule has 3 rings (SSSR count). The Morgan fingerprint density at radius 3 is 3.00 bits per heavy atom. The Labute approximate surface area is 145 Å². The molecule has 0 N–H and O–H groups in total. The van der Waals surface area contributed by atoms with Crippen molar-refractivity contribution in [1.29, 1.82) is 0 Å². The zero-order chi connectivity index (χ0) is 17.1. The first kappa shape index (κ1) is 17.0. The number of rotatable bonds is 5. The van der Waals surface area contributed by atoms with Crippen LogP contribution in [0.5, 0.6) is 0 Å². The third-order valence-corrected chi connectivity index (χ3v) is 4.90. The number of hydrogen-bond donors (Lipinski definition) is 0. The number of nitrogens with zero attached hydrogens (tertiary/aromatic N) is 4. The number of aromatic nitrogens is 3. The average molecular weight is 350 g/mol. The highest BCUT2D eigenvalue weighted by Gasteiger charge is 2.34. The van der Waals surface area contributed by atoms with Crippen molar-refractivity contribution >= 4 is 17.2 Å². The van der Waals surface area contributed by atoms with Crippen LogP contribution in [0.2, 0.25) is 0 Å². The van der Waals surface area contributed by atoms with E-state index >= 15 is 0 Å². The molecule has 1 aliphatic heterocycles. The second-order valence-corrected chi connectivity index (χ2v) is 7.21. The maximum atomic E-state index is 12.9. The number of ether oxygens (including phenoxy) is 1. The second kappa shape index (κ2) is 7.40. The molecule has 1 aliphatic rings. The minimum absolute atomic E-state index is 0.0487. The van der Waals surface area contributed by atoms with Crippen molar-refractivity contribution in [1.82, 2.24) is 20.1 Å². The molecule has 0 bridgehead atoms. The molecule has 7 nitrogen and oxygen atoms in total. The van der Waals surface area contributed by atoms with Crippen LogP contribution in [-0.4, -0.2) is 45.7 Å². The van der Waals surface area contributed by atoms with E-state index in [0.29, 0.717) is 36.4 Å². The number of carbonyl (C=O) groups excluding carboxylic acids is 1. The summed E-state index contributed by atoms with van der Waals surface area (Å²) in [4.78, 5) is 19.6. The Bertz CT molecular complexity index is 697. The molecular weight excluding hydrogens is 328 g/mol. The number of hydrogen-bond acceptors (Lipinski definition) is 7. The molecule has 1 saturated heterocycles. The van der Waals surface area contributed by atoms with Gasteiger partial charge >= 0.3 is 0 Å². The van der Waals surface area contributed by atoms with E-state index in [1.807, 2.05) is 13.8 Å². The van der Waals surface area contributed by atoms with Gasteiger partial charge in [-0.05, 0) is 12.8 Å². The third kappa shape index (κ3) is 3.49. The Morgan fingerprint density at radius 2 is 2.29 bits per heavy atom. The fraction of sp³-hybridized carbons (Fsp3) is 0.625. The molecule has 2 aromatic rings. The number of morpholine rings is 1. The number of amides is 1. The van der Waals surface area contributed by atoms with Crippen LogP contribution in [0.1, 0.15) is 65.6 Å². The Hall–Kier alpha value is -1.80. The van der Waals surface area contributed by atoms with Gasteiger partial charge in [-0.3, -0.25) is 4.79 Å². The summed E-state index contributed by atoms with van der Waals surface area (Å²) in [6, 6.07) is -0.344. The van der Waals surface area contributed by atoms with Gasteiger partial charge in [-0.15, -0.1) is 21.5 Å². The molecule has 3 heterocycles. The lowest BCUT2D eigenvalue weighted by molar-refractivity contribution is -0.0105. The fourth-order valence-corrected chi connectivity index (χ4v) is 3.52. The summed E-state index contributed by atoms with van der Waals surface area (Å²) in [5.74, 6) is 1.11. The third-order valence-electron chi connectivity index (χ3n) is 3.85. The van der Waals surface area contributed by atoms with E-state index < -0.39 is 0 Å². The first-order valence-electron chi connectivity index (χ1n) is 8.26. The fourth-order valence-electron chi connectivity index (χ4n) is 2.55. The minimum Gasteiger partial charge on any atom is -0.423 e. The van der Waals surface area contributed by atoms with Crippen LogP contribution in [0.3, 0.4) is 0 Å². The van der Waals surface area contributed by atoms with Gasteiger partial charge < -0.3 is 14.1 Å². The second-order valence-electron chi connectivity index (χ2n) is 6.09. The topological polar surface area (TPSA) is 81.4 Å². The predicted molar refractivity (Wildman–Crippen MR) is 89.1 cm³/mol. The SMILES string of the molecule is CCCc1ncc(C(=O)N2CCOCC2c2nnc(C(C)C)o2)s1. The van der Waals surface area contributed by atoms with Gasteiger partial charge in [0.05, 0.1) is 24.4 Å². The quantitative estimate of drug-likeness (QED) is 0.825. The molecule has 0 radical (unpaired) electrons. The van der Waals surface area contributed by atoms with Gasteiger partial charge in [0, 0.05) is 12.5 Å². The van der Waals surface area contributed by atoms with E-state index in [1.54, 1.807) is 11.1 Å². The Kier molecular flexibility index (Phi) is 5.25. The molecule has 2 aromatic heterocycles. The van der Waals surface area contributed by atoms with Crippen molar-refractivity contribution in [2.75, 3.05) is 19.8 Å². The molecule has 130 valence electrons. The molecule has 0 spiro atoms. The lowest BCUT2D eigenvalue weighted by atomic mass is 10.2. The van der Waals surface area contributed by atoms with Gasteiger partial charge in [-0.1, -0.05) is 20.8 Å². The van der Waals surface area contributed by atoms with E-state index in [0.717, 1.165) is 17.8 Å². The van der Waals surface area contributed by atoms with Crippen LogP contribution in [0.15, 0.2) is 10.6 Å². The molecule has 8 heteroatoms. The summed E-state index contributed by atoms with van der Waals surface area (Å²) < 4.78 is 11.3. The van der Waals surface area contributed by atoms with Crippen LogP contribution in [-0.2, 0) is 11.2 Å². The number of aryl methyl sites for hydroxylation is 1. The van der Waals surface area contributed by atoms with Crippen molar-refractivity contribution in [2.24, 2.45) is 0 Å². The Morgan fingerprint density at radius 1 is 1.46 bits per heavy atom. The molecule has 1 atom stereocenters. The van der Waals surface area contributed by atoms with Crippen LogP contribution < -0.4 is 0 Å². The van der Waals surface area contributed by atoms with Crippen molar-refractivity contribution in [2.45, 2.75) is 45.6 Å². The van der Waals surface area contributed by atoms with Crippen molar-refractivity contribution in [3.63, 3.8) is 0 Å².